The van der Waals surface area contributed by atoms with Crippen LogP contribution in [0.2, 0.25) is 5.02 Å². The first-order valence-corrected chi connectivity index (χ1v) is 10.2. The minimum atomic E-state index is -1.30. The molecule has 0 aromatic heterocycles. The van der Waals surface area contributed by atoms with Gasteiger partial charge in [-0.15, -0.1) is 0 Å². The van der Waals surface area contributed by atoms with Gasteiger partial charge in [-0.1, -0.05) is 47.9 Å². The molecule has 0 spiro atoms. The Morgan fingerprint density at radius 1 is 0.938 bits per heavy atom. The first-order valence-electron chi connectivity index (χ1n) is 9.85. The van der Waals surface area contributed by atoms with Crippen molar-refractivity contribution in [3.05, 3.63) is 70.2 Å². The zero-order valence-electron chi connectivity index (χ0n) is 17.9. The van der Waals surface area contributed by atoms with Crippen LogP contribution >= 0.6 is 11.6 Å². The molecule has 8 heteroatoms. The van der Waals surface area contributed by atoms with Crippen molar-refractivity contribution < 1.29 is 33.3 Å². The Morgan fingerprint density at radius 2 is 1.53 bits per heavy atom. The zero-order valence-corrected chi connectivity index (χ0v) is 18.7. The summed E-state index contributed by atoms with van der Waals surface area (Å²) in [4.78, 5) is 36.7. The number of esters is 2. The van der Waals surface area contributed by atoms with Crippen LogP contribution in [-0.4, -0.2) is 38.4 Å². The van der Waals surface area contributed by atoms with Crippen molar-refractivity contribution in [1.29, 1.82) is 0 Å². The normalized spacial score (nSPS) is 11.0. The molecular weight excluding hydrogens is 436 g/mol. The van der Waals surface area contributed by atoms with Crippen LogP contribution in [0.25, 0.3) is 0 Å². The molecule has 1 atom stereocenters. The summed E-state index contributed by atoms with van der Waals surface area (Å²) in [5.74, 6) is 2.99. The van der Waals surface area contributed by atoms with Crippen molar-refractivity contribution in [2.45, 2.75) is 25.9 Å². The van der Waals surface area contributed by atoms with Crippen molar-refractivity contribution in [3.63, 3.8) is 0 Å². The molecular formula is C24H23ClO7. The summed E-state index contributed by atoms with van der Waals surface area (Å²) in [7, 11) is 1.19. The standard InChI is InChI=1S/C24H23ClO7/c1-4-30-22(26)21(23(27)31-5-2)19-9-7-6-8-16(19)12-15-20(32-24(28)29-3)17-10-13-18(25)14-11-17/h6-11,13-14,20-21H,4-5H2,1-3H3. The molecule has 0 fully saturated rings. The molecule has 0 aliphatic rings. The van der Waals surface area contributed by atoms with Crippen LogP contribution in [0.5, 0.6) is 0 Å². The van der Waals surface area contributed by atoms with Gasteiger partial charge >= 0.3 is 18.1 Å². The fourth-order valence-electron chi connectivity index (χ4n) is 2.77. The summed E-state index contributed by atoms with van der Waals surface area (Å²) >= 11 is 5.93. The van der Waals surface area contributed by atoms with Crippen molar-refractivity contribution in [2.75, 3.05) is 20.3 Å². The molecule has 1 unspecified atom stereocenters. The van der Waals surface area contributed by atoms with Gasteiger partial charge in [-0.3, -0.25) is 9.59 Å². The van der Waals surface area contributed by atoms with Gasteiger partial charge in [0.05, 0.1) is 20.3 Å². The van der Waals surface area contributed by atoms with E-state index in [-0.39, 0.29) is 13.2 Å². The third-order valence-electron chi connectivity index (χ3n) is 4.21. The highest BCUT2D eigenvalue weighted by Gasteiger charge is 2.33. The molecule has 0 saturated carbocycles. The van der Waals surface area contributed by atoms with Crippen molar-refractivity contribution in [3.8, 4) is 11.8 Å². The van der Waals surface area contributed by atoms with Crippen LogP contribution in [0.3, 0.4) is 0 Å². The Balaban J connectivity index is 2.49. The summed E-state index contributed by atoms with van der Waals surface area (Å²) in [5.41, 5.74) is 1.27. The molecule has 2 aromatic rings. The largest absolute Gasteiger partial charge is 0.509 e. The number of hydrogen-bond acceptors (Lipinski definition) is 7. The van der Waals surface area contributed by atoms with Crippen LogP contribution < -0.4 is 0 Å². The van der Waals surface area contributed by atoms with E-state index in [1.54, 1.807) is 62.4 Å². The molecule has 2 aromatic carbocycles. The quantitative estimate of drug-likeness (QED) is 0.262. The number of hydrogen-bond donors (Lipinski definition) is 0. The molecule has 7 nitrogen and oxygen atoms in total. The minimum Gasteiger partial charge on any atom is -0.465 e. The second-order valence-electron chi connectivity index (χ2n) is 6.30. The van der Waals surface area contributed by atoms with Crippen molar-refractivity contribution >= 4 is 29.7 Å². The predicted molar refractivity (Wildman–Crippen MR) is 117 cm³/mol. The lowest BCUT2D eigenvalue weighted by molar-refractivity contribution is -0.156. The van der Waals surface area contributed by atoms with Gasteiger partial charge in [-0.2, -0.15) is 0 Å². The van der Waals surface area contributed by atoms with E-state index in [2.05, 4.69) is 16.6 Å². The SMILES string of the molecule is CCOC(=O)C(C(=O)OCC)c1ccccc1C#CC(OC(=O)OC)c1ccc(Cl)cc1. The number of carbonyl (C=O) groups is 3. The number of benzene rings is 2. The molecule has 0 amide bonds. The van der Waals surface area contributed by atoms with Gasteiger partial charge in [0, 0.05) is 16.1 Å². The predicted octanol–water partition coefficient (Wildman–Crippen LogP) is 4.43. The van der Waals surface area contributed by atoms with E-state index in [4.69, 9.17) is 25.8 Å². The van der Waals surface area contributed by atoms with Gasteiger partial charge in [-0.25, -0.2) is 4.79 Å². The maximum Gasteiger partial charge on any atom is 0.509 e. The first kappa shape index (κ1) is 24.8. The highest BCUT2D eigenvalue weighted by molar-refractivity contribution is 6.30. The van der Waals surface area contributed by atoms with Crippen molar-refractivity contribution in [1.82, 2.24) is 0 Å². The average molecular weight is 459 g/mol. The van der Waals surface area contributed by atoms with E-state index < -0.39 is 30.1 Å². The summed E-state index contributed by atoms with van der Waals surface area (Å²) in [6.45, 7) is 3.50. The highest BCUT2D eigenvalue weighted by atomic mass is 35.5. The Morgan fingerprint density at radius 3 is 2.09 bits per heavy atom. The number of methoxy groups -OCH3 is 1. The molecule has 0 saturated heterocycles. The molecule has 0 radical (unpaired) electrons. The topological polar surface area (TPSA) is 88.1 Å². The van der Waals surface area contributed by atoms with Crippen LogP contribution in [0.15, 0.2) is 48.5 Å². The fraction of sp³-hybridized carbons (Fsp3) is 0.292. The lowest BCUT2D eigenvalue weighted by Crippen LogP contribution is -2.27. The third-order valence-corrected chi connectivity index (χ3v) is 4.46. The van der Waals surface area contributed by atoms with E-state index in [0.717, 1.165) is 0 Å². The monoisotopic (exact) mass is 458 g/mol. The maximum absolute atomic E-state index is 12.5. The Hall–Kier alpha value is -3.50. The lowest BCUT2D eigenvalue weighted by atomic mass is 9.94. The van der Waals surface area contributed by atoms with Crippen LogP contribution in [0.1, 0.15) is 42.6 Å². The van der Waals surface area contributed by atoms with Gasteiger partial charge in [0.15, 0.2) is 12.0 Å². The Labute approximate surface area is 191 Å². The van der Waals surface area contributed by atoms with E-state index in [9.17, 15) is 14.4 Å². The lowest BCUT2D eigenvalue weighted by Gasteiger charge is -2.16. The van der Waals surface area contributed by atoms with Gasteiger partial charge in [0.2, 0.25) is 0 Å². The molecule has 0 heterocycles. The minimum absolute atomic E-state index is 0.105. The number of halogens is 1. The van der Waals surface area contributed by atoms with Gasteiger partial charge in [0.25, 0.3) is 0 Å². The van der Waals surface area contributed by atoms with Gasteiger partial charge in [0.1, 0.15) is 0 Å². The molecule has 0 aliphatic heterocycles. The van der Waals surface area contributed by atoms with Crippen LogP contribution in [0.4, 0.5) is 4.79 Å². The molecule has 0 bridgehead atoms. The van der Waals surface area contributed by atoms with Crippen molar-refractivity contribution in [2.24, 2.45) is 0 Å². The number of carbonyl (C=O) groups excluding carboxylic acids is 3. The summed E-state index contributed by atoms with van der Waals surface area (Å²) < 4.78 is 20.0. The maximum atomic E-state index is 12.5. The fourth-order valence-corrected chi connectivity index (χ4v) is 2.90. The summed E-state index contributed by atoms with van der Waals surface area (Å²) in [5, 5.41) is 0.510. The van der Waals surface area contributed by atoms with Crippen LogP contribution in [0, 0.1) is 11.8 Å². The highest BCUT2D eigenvalue weighted by Crippen LogP contribution is 2.25. The summed E-state index contributed by atoms with van der Waals surface area (Å²) in [6.07, 6.45) is -1.89. The smallest absolute Gasteiger partial charge is 0.465 e. The molecule has 32 heavy (non-hydrogen) atoms. The molecule has 0 N–H and O–H groups in total. The van der Waals surface area contributed by atoms with E-state index in [1.807, 2.05) is 0 Å². The van der Waals surface area contributed by atoms with E-state index in [0.29, 0.717) is 21.7 Å². The zero-order chi connectivity index (χ0) is 23.5. The third kappa shape index (κ3) is 6.76. The molecule has 2 rings (SSSR count). The molecule has 0 aliphatic carbocycles. The first-order chi connectivity index (χ1) is 15.4. The van der Waals surface area contributed by atoms with Crippen LogP contribution in [-0.2, 0) is 28.5 Å². The van der Waals surface area contributed by atoms with E-state index in [1.165, 1.54) is 7.11 Å². The number of rotatable bonds is 7. The Kier molecular flexibility index (Phi) is 9.58. The van der Waals surface area contributed by atoms with E-state index >= 15 is 0 Å². The second kappa shape index (κ2) is 12.4. The number of ether oxygens (including phenoxy) is 4. The summed E-state index contributed by atoms with van der Waals surface area (Å²) in [6, 6.07) is 13.2. The average Bonchev–Trinajstić information content (AvgIpc) is 2.78. The van der Waals surface area contributed by atoms with Gasteiger partial charge < -0.3 is 18.9 Å². The second-order valence-corrected chi connectivity index (χ2v) is 6.73. The molecule has 168 valence electrons. The Bertz CT molecular complexity index is 987. The van der Waals surface area contributed by atoms with Gasteiger partial charge in [-0.05, 0) is 43.5 Å².